The summed E-state index contributed by atoms with van der Waals surface area (Å²) in [5, 5.41) is 2.90. The molecule has 3 heteroatoms. The summed E-state index contributed by atoms with van der Waals surface area (Å²) in [6.45, 7) is 5.84. The summed E-state index contributed by atoms with van der Waals surface area (Å²) < 4.78 is 0. The fourth-order valence-electron chi connectivity index (χ4n) is 1.34. The van der Waals surface area contributed by atoms with Gasteiger partial charge in [-0.15, -0.1) is 12.3 Å². The third-order valence-corrected chi connectivity index (χ3v) is 2.91. The van der Waals surface area contributed by atoms with Crippen LogP contribution in [-0.4, -0.2) is 17.5 Å². The second kappa shape index (κ2) is 6.47. The molecule has 1 atom stereocenters. The number of amides is 1. The molecule has 3 N–H and O–H groups in total. The number of carbonyl (C=O) groups is 1. The lowest BCUT2D eigenvalue weighted by molar-refractivity contribution is -0.127. The minimum Gasteiger partial charge on any atom is -0.351 e. The first kappa shape index (κ1) is 14.0. The zero-order chi connectivity index (χ0) is 11.9. The van der Waals surface area contributed by atoms with Gasteiger partial charge >= 0.3 is 0 Å². The van der Waals surface area contributed by atoms with E-state index in [1.165, 1.54) is 0 Å². The van der Waals surface area contributed by atoms with Gasteiger partial charge in [-0.2, -0.15) is 0 Å². The van der Waals surface area contributed by atoms with Gasteiger partial charge in [0.1, 0.15) is 0 Å². The van der Waals surface area contributed by atoms with Crippen LogP contribution in [0.15, 0.2) is 0 Å². The third kappa shape index (κ3) is 3.93. The van der Waals surface area contributed by atoms with Crippen molar-refractivity contribution in [2.75, 3.05) is 0 Å². The molecule has 1 amide bonds. The molecule has 3 nitrogen and oxygen atoms in total. The monoisotopic (exact) mass is 210 g/mol. The molecule has 0 aromatic rings. The lowest BCUT2D eigenvalue weighted by Gasteiger charge is -2.27. The molecule has 0 saturated heterocycles. The smallest absolute Gasteiger partial charge is 0.240 e. The third-order valence-electron chi connectivity index (χ3n) is 2.91. The van der Waals surface area contributed by atoms with Crippen LogP contribution < -0.4 is 11.1 Å². The van der Waals surface area contributed by atoms with E-state index in [-0.39, 0.29) is 11.9 Å². The van der Waals surface area contributed by atoms with Crippen LogP contribution in [0.3, 0.4) is 0 Å². The van der Waals surface area contributed by atoms with Crippen LogP contribution in [0, 0.1) is 12.3 Å². The van der Waals surface area contributed by atoms with Gasteiger partial charge in [-0.1, -0.05) is 20.8 Å². The average molecular weight is 210 g/mol. The first-order chi connectivity index (χ1) is 7.03. The maximum absolute atomic E-state index is 11.9. The standard InChI is InChI=1S/C12H22N2O/c1-5-9-10(6-2)14-11(15)12(13,7-3)8-4/h1,10H,6-9,13H2,2-4H3,(H,14,15). The van der Waals surface area contributed by atoms with E-state index >= 15 is 0 Å². The van der Waals surface area contributed by atoms with Gasteiger partial charge in [0.15, 0.2) is 0 Å². The van der Waals surface area contributed by atoms with Crippen LogP contribution in [0.5, 0.6) is 0 Å². The number of carbonyl (C=O) groups excluding carboxylic acids is 1. The first-order valence-corrected chi connectivity index (χ1v) is 5.57. The molecule has 0 heterocycles. The van der Waals surface area contributed by atoms with E-state index in [1.54, 1.807) is 0 Å². The molecule has 0 aromatic heterocycles. The van der Waals surface area contributed by atoms with Crippen molar-refractivity contribution >= 4 is 5.91 Å². The Morgan fingerprint density at radius 2 is 2.00 bits per heavy atom. The predicted octanol–water partition coefficient (Wildman–Crippen LogP) is 1.42. The molecule has 86 valence electrons. The van der Waals surface area contributed by atoms with Crippen molar-refractivity contribution in [1.29, 1.82) is 0 Å². The van der Waals surface area contributed by atoms with Gasteiger partial charge in [-0.3, -0.25) is 4.79 Å². The number of nitrogens with one attached hydrogen (secondary N) is 1. The molecule has 0 aliphatic heterocycles. The summed E-state index contributed by atoms with van der Waals surface area (Å²) in [6, 6.07) is 0.0449. The average Bonchev–Trinajstić information content (AvgIpc) is 2.27. The molecule has 0 aliphatic rings. The Balaban J connectivity index is 4.39. The largest absolute Gasteiger partial charge is 0.351 e. The van der Waals surface area contributed by atoms with Gasteiger partial charge in [-0.25, -0.2) is 0 Å². The van der Waals surface area contributed by atoms with Crippen LogP contribution in [-0.2, 0) is 4.79 Å². The number of hydrogen-bond donors (Lipinski definition) is 2. The lowest BCUT2D eigenvalue weighted by Crippen LogP contribution is -2.55. The summed E-state index contributed by atoms with van der Waals surface area (Å²) in [5.74, 6) is 2.47. The number of nitrogens with two attached hydrogens (primary N) is 1. The molecule has 0 bridgehead atoms. The van der Waals surface area contributed by atoms with E-state index in [2.05, 4.69) is 11.2 Å². The van der Waals surface area contributed by atoms with Crippen LogP contribution in [0.1, 0.15) is 46.5 Å². The van der Waals surface area contributed by atoms with Gasteiger partial charge < -0.3 is 11.1 Å². The topological polar surface area (TPSA) is 55.1 Å². The maximum Gasteiger partial charge on any atom is 0.240 e. The van der Waals surface area contributed by atoms with Gasteiger partial charge in [0.2, 0.25) is 5.91 Å². The van der Waals surface area contributed by atoms with Gasteiger partial charge in [0, 0.05) is 12.5 Å². The summed E-state index contributed by atoms with van der Waals surface area (Å²) >= 11 is 0. The Morgan fingerprint density at radius 3 is 2.33 bits per heavy atom. The maximum atomic E-state index is 11.9. The van der Waals surface area contributed by atoms with Crippen molar-refractivity contribution in [1.82, 2.24) is 5.32 Å². The molecule has 0 aromatic carbocycles. The molecule has 0 saturated carbocycles. The molecular weight excluding hydrogens is 188 g/mol. The fourth-order valence-corrected chi connectivity index (χ4v) is 1.34. The van der Waals surface area contributed by atoms with Crippen LogP contribution in [0.2, 0.25) is 0 Å². The highest BCUT2D eigenvalue weighted by molar-refractivity contribution is 5.86. The zero-order valence-corrected chi connectivity index (χ0v) is 9.97. The normalized spacial score (nSPS) is 13.0. The molecule has 0 fully saturated rings. The molecule has 0 rings (SSSR count). The molecule has 15 heavy (non-hydrogen) atoms. The van der Waals surface area contributed by atoms with Gasteiger partial charge in [0.25, 0.3) is 0 Å². The minimum atomic E-state index is -0.748. The lowest BCUT2D eigenvalue weighted by atomic mass is 9.92. The SMILES string of the molecule is C#CCC(CC)NC(=O)C(N)(CC)CC. The fraction of sp³-hybridized carbons (Fsp3) is 0.750. The highest BCUT2D eigenvalue weighted by Gasteiger charge is 2.30. The molecule has 0 radical (unpaired) electrons. The number of rotatable bonds is 6. The predicted molar refractivity (Wildman–Crippen MR) is 63.2 cm³/mol. The Morgan fingerprint density at radius 1 is 1.47 bits per heavy atom. The van der Waals surface area contributed by atoms with Gasteiger partial charge in [-0.05, 0) is 19.3 Å². The minimum absolute atomic E-state index is 0.0449. The zero-order valence-electron chi connectivity index (χ0n) is 9.97. The van der Waals surface area contributed by atoms with E-state index in [9.17, 15) is 4.79 Å². The van der Waals surface area contributed by atoms with Crippen molar-refractivity contribution in [2.45, 2.75) is 58.0 Å². The van der Waals surface area contributed by atoms with Crippen molar-refractivity contribution in [3.05, 3.63) is 0 Å². The van der Waals surface area contributed by atoms with Crippen molar-refractivity contribution in [3.63, 3.8) is 0 Å². The van der Waals surface area contributed by atoms with Gasteiger partial charge in [0.05, 0.1) is 5.54 Å². The molecule has 1 unspecified atom stereocenters. The van der Waals surface area contributed by atoms with Crippen LogP contribution >= 0.6 is 0 Å². The van der Waals surface area contributed by atoms with E-state index < -0.39 is 5.54 Å². The Hall–Kier alpha value is -1.01. The second-order valence-electron chi connectivity index (χ2n) is 3.85. The quantitative estimate of drug-likeness (QED) is 0.651. The van der Waals surface area contributed by atoms with E-state index in [1.807, 2.05) is 20.8 Å². The summed E-state index contributed by atoms with van der Waals surface area (Å²) in [4.78, 5) is 11.9. The second-order valence-corrected chi connectivity index (χ2v) is 3.85. The Bertz CT molecular complexity index is 238. The summed E-state index contributed by atoms with van der Waals surface area (Å²) in [5.41, 5.74) is 5.23. The number of terminal acetylenes is 1. The van der Waals surface area contributed by atoms with Crippen molar-refractivity contribution < 1.29 is 4.79 Å². The van der Waals surface area contributed by atoms with E-state index in [4.69, 9.17) is 12.2 Å². The highest BCUT2D eigenvalue weighted by atomic mass is 16.2. The number of hydrogen-bond acceptors (Lipinski definition) is 2. The van der Waals surface area contributed by atoms with Crippen LogP contribution in [0.4, 0.5) is 0 Å². The Kier molecular flexibility index (Phi) is 6.03. The Labute approximate surface area is 92.8 Å². The molecular formula is C12H22N2O. The molecule has 0 spiro atoms. The summed E-state index contributed by atoms with van der Waals surface area (Å²) in [6.07, 6.45) is 7.90. The highest BCUT2D eigenvalue weighted by Crippen LogP contribution is 2.12. The van der Waals surface area contributed by atoms with Crippen molar-refractivity contribution in [2.24, 2.45) is 5.73 Å². The van der Waals surface area contributed by atoms with Crippen LogP contribution in [0.25, 0.3) is 0 Å². The van der Waals surface area contributed by atoms with E-state index in [0.717, 1.165) is 6.42 Å². The van der Waals surface area contributed by atoms with E-state index in [0.29, 0.717) is 19.3 Å². The summed E-state index contributed by atoms with van der Waals surface area (Å²) in [7, 11) is 0. The van der Waals surface area contributed by atoms with Crippen molar-refractivity contribution in [3.8, 4) is 12.3 Å². The molecule has 0 aliphatic carbocycles. The first-order valence-electron chi connectivity index (χ1n) is 5.57.